The maximum Gasteiger partial charge on any atom is 0.262 e. The summed E-state index contributed by atoms with van der Waals surface area (Å²) in [6.07, 6.45) is 3.78. The zero-order valence-corrected chi connectivity index (χ0v) is 19.6. The third-order valence-electron chi connectivity index (χ3n) is 6.11. The van der Waals surface area contributed by atoms with Gasteiger partial charge in [0.25, 0.3) is 5.56 Å². The average molecular weight is 491 g/mol. The third-order valence-corrected chi connectivity index (χ3v) is 8.07. The lowest BCUT2D eigenvalue weighted by Crippen LogP contribution is -2.34. The van der Waals surface area contributed by atoms with Gasteiger partial charge >= 0.3 is 0 Å². The Bertz CT molecular complexity index is 1390. The van der Waals surface area contributed by atoms with Crippen LogP contribution < -0.4 is 10.9 Å². The first-order chi connectivity index (χ1) is 15.8. The van der Waals surface area contributed by atoms with Crippen LogP contribution in [0.15, 0.2) is 28.6 Å². The number of benzene rings is 1. The lowest BCUT2D eigenvalue weighted by molar-refractivity contribution is 0.437. The highest BCUT2D eigenvalue weighted by atomic mass is 32.1. The summed E-state index contributed by atoms with van der Waals surface area (Å²) in [5, 5.41) is 6.91. The van der Waals surface area contributed by atoms with Crippen molar-refractivity contribution in [3.63, 3.8) is 0 Å². The molecule has 0 saturated heterocycles. The highest BCUT2D eigenvalue weighted by Gasteiger charge is 2.26. The third kappa shape index (κ3) is 4.11. The van der Waals surface area contributed by atoms with Crippen LogP contribution in [0.5, 0.6) is 0 Å². The summed E-state index contributed by atoms with van der Waals surface area (Å²) < 4.78 is 41.8. The van der Waals surface area contributed by atoms with E-state index in [9.17, 15) is 18.0 Å². The van der Waals surface area contributed by atoms with E-state index < -0.39 is 17.5 Å². The molecule has 0 aliphatic heterocycles. The van der Waals surface area contributed by atoms with Gasteiger partial charge in [0.2, 0.25) is 0 Å². The number of aryl methyl sites for hydroxylation is 2. The minimum Gasteiger partial charge on any atom is -0.310 e. The zero-order valence-electron chi connectivity index (χ0n) is 18.0. The van der Waals surface area contributed by atoms with Crippen LogP contribution in [0.4, 0.5) is 13.2 Å². The number of hydrogen-bond donors (Lipinski definition) is 1. The molecule has 5 rings (SSSR count). The van der Waals surface area contributed by atoms with Crippen molar-refractivity contribution in [3.8, 4) is 0 Å². The molecule has 3 aromatic heterocycles. The molecule has 0 amide bonds. The second-order valence-electron chi connectivity index (χ2n) is 8.30. The Balaban J connectivity index is 1.37. The summed E-state index contributed by atoms with van der Waals surface area (Å²) in [7, 11) is 0. The van der Waals surface area contributed by atoms with Crippen molar-refractivity contribution in [2.45, 2.75) is 51.7 Å². The van der Waals surface area contributed by atoms with Crippen LogP contribution in [0.25, 0.3) is 10.2 Å². The summed E-state index contributed by atoms with van der Waals surface area (Å²) >= 11 is 3.07. The highest BCUT2D eigenvalue weighted by Crippen LogP contribution is 2.34. The molecule has 0 radical (unpaired) electrons. The van der Waals surface area contributed by atoms with Crippen molar-refractivity contribution in [3.05, 3.63) is 78.4 Å². The van der Waals surface area contributed by atoms with Crippen molar-refractivity contribution in [2.75, 3.05) is 0 Å². The lowest BCUT2D eigenvalue weighted by Gasteiger charge is -2.23. The fourth-order valence-electron chi connectivity index (χ4n) is 4.32. The Hall–Kier alpha value is -2.56. The molecular formula is C23H21F3N4OS2. The van der Waals surface area contributed by atoms with Crippen LogP contribution in [-0.2, 0) is 19.4 Å². The topological polar surface area (TPSA) is 59.8 Å². The molecular weight excluding hydrogens is 469 g/mol. The van der Waals surface area contributed by atoms with Gasteiger partial charge in [-0.05, 0) is 56.4 Å². The molecule has 1 aliphatic rings. The Morgan fingerprint density at radius 2 is 2.03 bits per heavy atom. The van der Waals surface area contributed by atoms with E-state index in [1.807, 2.05) is 19.2 Å². The van der Waals surface area contributed by atoms with Gasteiger partial charge in [-0.25, -0.2) is 23.1 Å². The molecule has 4 aromatic rings. The average Bonchev–Trinajstić information content (AvgIpc) is 3.39. The fraction of sp³-hybridized carbons (Fsp3) is 0.348. The summed E-state index contributed by atoms with van der Waals surface area (Å²) in [4.78, 5) is 24.3. The molecule has 5 nitrogen and oxygen atoms in total. The van der Waals surface area contributed by atoms with Crippen LogP contribution in [0.3, 0.4) is 0 Å². The Morgan fingerprint density at radius 3 is 2.73 bits per heavy atom. The van der Waals surface area contributed by atoms with Crippen molar-refractivity contribution in [1.29, 1.82) is 0 Å². The number of hydrogen-bond acceptors (Lipinski definition) is 6. The number of halogens is 3. The molecule has 10 heteroatoms. The molecule has 2 atom stereocenters. The molecule has 33 heavy (non-hydrogen) atoms. The molecule has 0 bridgehead atoms. The van der Waals surface area contributed by atoms with Crippen molar-refractivity contribution in [2.24, 2.45) is 0 Å². The summed E-state index contributed by atoms with van der Waals surface area (Å²) in [5.41, 5.74) is 2.19. The van der Waals surface area contributed by atoms with Gasteiger partial charge in [0.1, 0.15) is 4.83 Å². The number of rotatable bonds is 5. The first kappa shape index (κ1) is 22.2. The smallest absolute Gasteiger partial charge is 0.262 e. The normalized spacial score (nSPS) is 16.8. The number of thiophene rings is 1. The standard InChI is InChI=1S/C23H21F3N4OS2/c1-11(18-9-32-12(2)29-18)30-10-28-22-20(23(30)31)15-4-3-14(7-19(15)33-22)27-8-13-5-16(24)21(26)17(25)6-13/h5-6,9-11,14,27H,3-4,7-8H2,1-2H3/t11-,14-/m1/s1. The van der Waals surface area contributed by atoms with Gasteiger partial charge in [0.05, 0.1) is 28.5 Å². The quantitative estimate of drug-likeness (QED) is 0.405. The van der Waals surface area contributed by atoms with Crippen LogP contribution in [0.2, 0.25) is 0 Å². The predicted octanol–water partition coefficient (Wildman–Crippen LogP) is 4.90. The Kier molecular flexibility index (Phi) is 5.84. The second-order valence-corrected chi connectivity index (χ2v) is 10.4. The predicted molar refractivity (Wildman–Crippen MR) is 124 cm³/mol. The van der Waals surface area contributed by atoms with Crippen LogP contribution in [0.1, 0.15) is 46.1 Å². The van der Waals surface area contributed by atoms with Gasteiger partial charge in [-0.3, -0.25) is 9.36 Å². The van der Waals surface area contributed by atoms with Crippen molar-refractivity contribution in [1.82, 2.24) is 19.9 Å². The van der Waals surface area contributed by atoms with Crippen LogP contribution in [-0.4, -0.2) is 20.6 Å². The maximum atomic E-state index is 13.5. The first-order valence-electron chi connectivity index (χ1n) is 10.6. The zero-order chi connectivity index (χ0) is 23.3. The van der Waals surface area contributed by atoms with Crippen molar-refractivity contribution < 1.29 is 13.2 Å². The highest BCUT2D eigenvalue weighted by molar-refractivity contribution is 7.18. The monoisotopic (exact) mass is 490 g/mol. The molecule has 1 N–H and O–H groups in total. The molecule has 3 heterocycles. The van der Waals surface area contributed by atoms with Crippen LogP contribution in [0, 0.1) is 24.4 Å². The molecule has 0 unspecified atom stereocenters. The molecule has 0 spiro atoms. The van der Waals surface area contributed by atoms with E-state index in [1.165, 1.54) is 11.3 Å². The molecule has 0 fully saturated rings. The molecule has 1 aliphatic carbocycles. The van der Waals surface area contributed by atoms with E-state index in [4.69, 9.17) is 0 Å². The van der Waals surface area contributed by atoms with Gasteiger partial charge in [-0.1, -0.05) is 0 Å². The lowest BCUT2D eigenvalue weighted by atomic mass is 9.93. The molecule has 0 saturated carbocycles. The Labute approximate surface area is 195 Å². The van der Waals surface area contributed by atoms with Gasteiger partial charge in [-0.15, -0.1) is 22.7 Å². The number of nitrogens with one attached hydrogen (secondary N) is 1. The van der Waals surface area contributed by atoms with Crippen molar-refractivity contribution >= 4 is 32.9 Å². The molecule has 1 aromatic carbocycles. The van der Waals surface area contributed by atoms with Gasteiger partial charge in [0, 0.05) is 22.8 Å². The minimum atomic E-state index is -1.45. The number of nitrogens with zero attached hydrogens (tertiary/aromatic N) is 3. The number of thiazole rings is 1. The number of aromatic nitrogens is 3. The number of fused-ring (bicyclic) bond motifs is 3. The Morgan fingerprint density at radius 1 is 1.27 bits per heavy atom. The van der Waals surface area contributed by atoms with Gasteiger partial charge in [0.15, 0.2) is 17.5 Å². The second kappa shape index (κ2) is 8.66. The molecule has 172 valence electrons. The van der Waals surface area contributed by atoms with E-state index >= 15 is 0 Å². The van der Waals surface area contributed by atoms with E-state index in [0.29, 0.717) is 23.8 Å². The van der Waals surface area contributed by atoms with Crippen LogP contribution >= 0.6 is 22.7 Å². The van der Waals surface area contributed by atoms with E-state index in [1.54, 1.807) is 22.2 Å². The largest absolute Gasteiger partial charge is 0.310 e. The summed E-state index contributed by atoms with van der Waals surface area (Å²) in [6.45, 7) is 4.12. The van der Waals surface area contributed by atoms with Gasteiger partial charge in [-0.2, -0.15) is 0 Å². The van der Waals surface area contributed by atoms with E-state index in [0.717, 1.165) is 44.5 Å². The summed E-state index contributed by atoms with van der Waals surface area (Å²) in [5.74, 6) is -3.83. The SMILES string of the molecule is Cc1nc([C@@H](C)n2cnc3sc4c(c3c2=O)CC[C@@H](NCc2cc(F)c(F)c(F)c2)C4)cs1. The van der Waals surface area contributed by atoms with E-state index in [2.05, 4.69) is 15.3 Å². The van der Waals surface area contributed by atoms with E-state index in [-0.39, 0.29) is 24.2 Å². The van der Waals surface area contributed by atoms with Gasteiger partial charge < -0.3 is 5.32 Å². The first-order valence-corrected chi connectivity index (χ1v) is 12.3. The fourth-order valence-corrected chi connectivity index (χ4v) is 6.27. The minimum absolute atomic E-state index is 0.0562. The summed E-state index contributed by atoms with van der Waals surface area (Å²) in [6, 6.07) is 1.90. The maximum absolute atomic E-state index is 13.5.